The Balaban J connectivity index is 1.43. The van der Waals surface area contributed by atoms with Gasteiger partial charge >= 0.3 is 0 Å². The largest absolute Gasteiger partial charge is 0.315 e. The lowest BCUT2D eigenvalue weighted by Gasteiger charge is -2.34. The molecule has 1 aliphatic rings. The van der Waals surface area contributed by atoms with Crippen molar-refractivity contribution in [1.82, 2.24) is 30.3 Å². The van der Waals surface area contributed by atoms with Gasteiger partial charge in [-0.2, -0.15) is 4.68 Å². The normalized spacial score (nSPS) is 16.1. The van der Waals surface area contributed by atoms with Crippen LogP contribution in [0.1, 0.15) is 23.2 Å². The summed E-state index contributed by atoms with van der Waals surface area (Å²) in [7, 11) is 0. The van der Waals surface area contributed by atoms with E-state index >= 15 is 4.39 Å². The van der Waals surface area contributed by atoms with Gasteiger partial charge in [-0.05, 0) is 65.6 Å². The van der Waals surface area contributed by atoms with Gasteiger partial charge in [0.25, 0.3) is 5.91 Å². The summed E-state index contributed by atoms with van der Waals surface area (Å²) in [5.74, 6) is -0.538. The molecule has 0 aliphatic carbocycles. The van der Waals surface area contributed by atoms with E-state index in [1.165, 1.54) is 16.8 Å². The first-order valence-electron chi connectivity index (χ1n) is 11.1. The minimum Gasteiger partial charge on any atom is -0.315 e. The summed E-state index contributed by atoms with van der Waals surface area (Å²) in [6, 6.07) is 9.76. The smallest absolute Gasteiger partial charge is 0.262 e. The number of hydrogen-bond donors (Lipinski definition) is 1. The molecule has 5 aromatic rings. The third-order valence-corrected chi connectivity index (χ3v) is 8.02. The third-order valence-electron chi connectivity index (χ3n) is 6.14. The summed E-state index contributed by atoms with van der Waals surface area (Å²) in [5.41, 5.74) is 1.53. The number of piperidine rings is 1. The number of fused-ring (bicyclic) bond motifs is 2. The number of pyridine rings is 2. The molecule has 1 saturated heterocycles. The maximum absolute atomic E-state index is 15.5. The molecule has 0 saturated carbocycles. The molecule has 1 aromatic carbocycles. The molecule has 1 amide bonds. The Bertz CT molecular complexity index is 1560. The van der Waals surface area contributed by atoms with E-state index in [2.05, 4.69) is 41.5 Å². The highest BCUT2D eigenvalue weighted by Crippen LogP contribution is 2.38. The van der Waals surface area contributed by atoms with Crippen molar-refractivity contribution in [3.8, 4) is 5.69 Å². The molecule has 6 rings (SSSR count). The van der Waals surface area contributed by atoms with Gasteiger partial charge < -0.3 is 5.32 Å². The number of halogens is 2. The first-order valence-corrected chi connectivity index (χ1v) is 12.8. The Morgan fingerprint density at radius 3 is 2.97 bits per heavy atom. The predicted octanol–water partition coefficient (Wildman–Crippen LogP) is 4.73. The molecule has 8 nitrogen and oxygen atoms in total. The van der Waals surface area contributed by atoms with E-state index in [1.54, 1.807) is 46.8 Å². The average molecular weight is 552 g/mol. The first kappa shape index (κ1) is 22.2. The second-order valence-corrected chi connectivity index (χ2v) is 10.0. The van der Waals surface area contributed by atoms with Gasteiger partial charge in [-0.1, -0.05) is 5.21 Å². The molecule has 11 heteroatoms. The van der Waals surface area contributed by atoms with Gasteiger partial charge in [0.15, 0.2) is 5.65 Å². The summed E-state index contributed by atoms with van der Waals surface area (Å²) in [4.78, 5) is 24.4. The Kier molecular flexibility index (Phi) is 5.75. The number of amides is 1. The highest BCUT2D eigenvalue weighted by molar-refractivity contribution is 9.10. The number of carbonyl (C=O) groups excluding carboxylic acids is 1. The molecule has 1 N–H and O–H groups in total. The molecule has 35 heavy (non-hydrogen) atoms. The van der Waals surface area contributed by atoms with E-state index in [4.69, 9.17) is 0 Å². The minimum atomic E-state index is -0.641. The second kappa shape index (κ2) is 9.06. The van der Waals surface area contributed by atoms with Gasteiger partial charge in [0.2, 0.25) is 0 Å². The van der Waals surface area contributed by atoms with Crippen LogP contribution in [0.15, 0.2) is 58.6 Å². The predicted molar refractivity (Wildman–Crippen MR) is 137 cm³/mol. The fourth-order valence-corrected chi connectivity index (χ4v) is 6.09. The Morgan fingerprint density at radius 1 is 1.23 bits per heavy atom. The van der Waals surface area contributed by atoms with Crippen molar-refractivity contribution in [3.63, 3.8) is 0 Å². The summed E-state index contributed by atoms with van der Waals surface area (Å²) >= 11 is 5.17. The molecule has 0 spiro atoms. The molecule has 1 fully saturated rings. The minimum absolute atomic E-state index is 0.0261. The lowest BCUT2D eigenvalue weighted by atomic mass is 10.0. The summed E-state index contributed by atoms with van der Waals surface area (Å²) in [6.45, 7) is 1.50. The fourth-order valence-electron chi connectivity index (χ4n) is 4.48. The van der Waals surface area contributed by atoms with E-state index in [1.807, 2.05) is 11.4 Å². The standard InChI is InChI=1S/C24H19BrFN7OS/c25-17-13-35-20-7-10-29-23(21(17)20)32(15-3-1-8-27-12-15)24(34)16-6-5-14(11-18(16)26)33-22-19(30-31-33)4-2-9-28-22/h2,4-7,9-11,13,15,27H,1,3,8,12H2/t15-/m1/s1. The molecule has 176 valence electrons. The second-order valence-electron chi connectivity index (χ2n) is 8.28. The number of aromatic nitrogens is 5. The van der Waals surface area contributed by atoms with Crippen LogP contribution < -0.4 is 10.2 Å². The van der Waals surface area contributed by atoms with Crippen LogP contribution in [-0.4, -0.2) is 50.0 Å². The zero-order valence-corrected chi connectivity index (χ0v) is 20.8. The monoisotopic (exact) mass is 551 g/mol. The highest BCUT2D eigenvalue weighted by Gasteiger charge is 2.32. The van der Waals surface area contributed by atoms with Gasteiger partial charge in [-0.15, -0.1) is 16.4 Å². The number of anilines is 1. The Morgan fingerprint density at radius 2 is 2.14 bits per heavy atom. The van der Waals surface area contributed by atoms with Crippen LogP contribution in [-0.2, 0) is 0 Å². The van der Waals surface area contributed by atoms with E-state index in [0.717, 1.165) is 33.9 Å². The van der Waals surface area contributed by atoms with Crippen molar-refractivity contribution < 1.29 is 9.18 Å². The molecule has 0 bridgehead atoms. The number of hydrogen-bond acceptors (Lipinski definition) is 7. The number of benzene rings is 1. The van der Waals surface area contributed by atoms with Crippen molar-refractivity contribution in [3.05, 3.63) is 70.0 Å². The van der Waals surface area contributed by atoms with Crippen LogP contribution in [0.4, 0.5) is 10.2 Å². The fraction of sp³-hybridized carbons (Fsp3) is 0.208. The maximum Gasteiger partial charge on any atom is 0.262 e. The molecule has 0 unspecified atom stereocenters. The molecular formula is C24H19BrFN7OS. The molecular weight excluding hydrogens is 533 g/mol. The average Bonchev–Trinajstić information content (AvgIpc) is 3.49. The molecule has 4 aromatic heterocycles. The van der Waals surface area contributed by atoms with Gasteiger partial charge in [0.1, 0.15) is 17.2 Å². The van der Waals surface area contributed by atoms with E-state index in [0.29, 0.717) is 29.2 Å². The molecule has 1 atom stereocenters. The Hall–Kier alpha value is -3.28. The van der Waals surface area contributed by atoms with Crippen molar-refractivity contribution in [1.29, 1.82) is 0 Å². The lowest BCUT2D eigenvalue weighted by Crippen LogP contribution is -2.49. The van der Waals surface area contributed by atoms with Crippen LogP contribution >= 0.6 is 27.3 Å². The van der Waals surface area contributed by atoms with Crippen molar-refractivity contribution >= 4 is 60.2 Å². The van der Waals surface area contributed by atoms with Crippen LogP contribution in [0, 0.1) is 5.82 Å². The van der Waals surface area contributed by atoms with Crippen molar-refractivity contribution in [2.45, 2.75) is 18.9 Å². The maximum atomic E-state index is 15.5. The van der Waals surface area contributed by atoms with Crippen LogP contribution in [0.25, 0.3) is 26.9 Å². The molecule has 0 radical (unpaired) electrons. The number of carbonyl (C=O) groups is 1. The zero-order valence-electron chi connectivity index (χ0n) is 18.4. The quantitative estimate of drug-likeness (QED) is 0.347. The number of nitrogens with zero attached hydrogens (tertiary/aromatic N) is 6. The summed E-state index contributed by atoms with van der Waals surface area (Å²) in [5, 5.41) is 14.4. The van der Waals surface area contributed by atoms with E-state index in [-0.39, 0.29) is 11.6 Å². The van der Waals surface area contributed by atoms with E-state index in [9.17, 15) is 4.79 Å². The first-order chi connectivity index (χ1) is 17.1. The zero-order chi connectivity index (χ0) is 23.9. The summed E-state index contributed by atoms with van der Waals surface area (Å²) < 4.78 is 18.8. The van der Waals surface area contributed by atoms with Crippen molar-refractivity contribution in [2.24, 2.45) is 0 Å². The van der Waals surface area contributed by atoms with E-state index < -0.39 is 11.7 Å². The topological polar surface area (TPSA) is 88.8 Å². The van der Waals surface area contributed by atoms with Crippen molar-refractivity contribution in [2.75, 3.05) is 18.0 Å². The van der Waals surface area contributed by atoms with Gasteiger partial charge in [-0.3, -0.25) is 9.69 Å². The highest BCUT2D eigenvalue weighted by atomic mass is 79.9. The number of thiophene rings is 1. The van der Waals surface area contributed by atoms with Gasteiger partial charge in [0.05, 0.1) is 17.3 Å². The number of rotatable bonds is 4. The Labute approximate surface area is 211 Å². The van der Waals surface area contributed by atoms with Crippen LogP contribution in [0.2, 0.25) is 0 Å². The molecule has 5 heterocycles. The third kappa shape index (κ3) is 3.89. The lowest BCUT2D eigenvalue weighted by molar-refractivity contribution is 0.0968. The summed E-state index contributed by atoms with van der Waals surface area (Å²) in [6.07, 6.45) is 5.04. The van der Waals surface area contributed by atoms with Crippen LogP contribution in [0.3, 0.4) is 0 Å². The SMILES string of the molecule is O=C(c1ccc(-n2nnc3cccnc32)cc1F)N(c1nccc2scc(Br)c12)[C@@H]1CCCNC1. The number of nitrogens with one attached hydrogen (secondary N) is 1. The van der Waals surface area contributed by atoms with Crippen LogP contribution in [0.5, 0.6) is 0 Å². The van der Waals surface area contributed by atoms with Gasteiger partial charge in [0, 0.05) is 44.9 Å². The molecule has 1 aliphatic heterocycles. The van der Waals surface area contributed by atoms with Gasteiger partial charge in [-0.25, -0.2) is 14.4 Å².